The summed E-state index contributed by atoms with van der Waals surface area (Å²) in [7, 11) is 0. The Hall–Kier alpha value is -2.93. The topological polar surface area (TPSA) is 87.0 Å². The van der Waals surface area contributed by atoms with Crippen LogP contribution in [0.2, 0.25) is 0 Å². The summed E-state index contributed by atoms with van der Waals surface area (Å²) < 4.78 is 5.99. The van der Waals surface area contributed by atoms with E-state index in [0.29, 0.717) is 29.6 Å². The van der Waals surface area contributed by atoms with Crippen LogP contribution in [0.3, 0.4) is 0 Å². The van der Waals surface area contributed by atoms with Crippen molar-refractivity contribution >= 4 is 29.0 Å². The maximum Gasteiger partial charge on any atom is 0.259 e. The number of fused-ring (bicyclic) bond motifs is 2. The van der Waals surface area contributed by atoms with Crippen LogP contribution in [0.25, 0.3) is 10.9 Å². The van der Waals surface area contributed by atoms with Gasteiger partial charge in [0.15, 0.2) is 4.77 Å². The van der Waals surface area contributed by atoms with E-state index in [1.807, 2.05) is 24.3 Å². The maximum absolute atomic E-state index is 12.5. The Balaban J connectivity index is 1.46. The quantitative estimate of drug-likeness (QED) is 0.621. The van der Waals surface area contributed by atoms with Gasteiger partial charge in [0.2, 0.25) is 0 Å². The van der Waals surface area contributed by atoms with Gasteiger partial charge >= 0.3 is 0 Å². The summed E-state index contributed by atoms with van der Waals surface area (Å²) in [5.74, 6) is 0.957. The molecule has 0 saturated carbocycles. The van der Waals surface area contributed by atoms with E-state index in [1.54, 1.807) is 18.2 Å². The van der Waals surface area contributed by atoms with Crippen LogP contribution in [0, 0.1) is 10.7 Å². The van der Waals surface area contributed by atoms with Gasteiger partial charge in [-0.15, -0.1) is 0 Å². The molecule has 3 aromatic rings. The lowest BCUT2D eigenvalue weighted by Crippen LogP contribution is -2.34. The van der Waals surface area contributed by atoms with Crippen LogP contribution in [0.5, 0.6) is 5.75 Å². The molecule has 6 nitrogen and oxygen atoms in total. The van der Waals surface area contributed by atoms with Gasteiger partial charge in [-0.2, -0.15) is 0 Å². The Morgan fingerprint density at radius 2 is 2.08 bits per heavy atom. The standard InChI is InChI=1S/C19H17N3O3S/c23-17(13-5-6-14-15(8-13)21-19(26)22-18(14)24)20-9-11-7-12-3-1-2-4-16(12)25-10-11/h1-6,8,11H,7,9-10H2,(H,20,23)(H2,21,22,24,26)/t11-/m0/s1. The molecule has 0 radical (unpaired) electrons. The molecule has 132 valence electrons. The largest absolute Gasteiger partial charge is 0.493 e. The minimum absolute atomic E-state index is 0.189. The molecule has 3 N–H and O–H groups in total. The SMILES string of the molecule is O=C(NC[C@H]1COc2ccccc2C1)c1ccc2c(=O)[nH]c(=S)[nH]c2c1. The minimum atomic E-state index is -0.270. The molecule has 2 heterocycles. The molecule has 1 atom stereocenters. The van der Waals surface area contributed by atoms with E-state index in [9.17, 15) is 9.59 Å². The molecular weight excluding hydrogens is 350 g/mol. The molecule has 1 aromatic heterocycles. The fourth-order valence-electron chi connectivity index (χ4n) is 3.17. The van der Waals surface area contributed by atoms with Gasteiger partial charge in [-0.1, -0.05) is 18.2 Å². The second-order valence-electron chi connectivity index (χ2n) is 6.37. The highest BCUT2D eigenvalue weighted by molar-refractivity contribution is 7.71. The number of hydrogen-bond donors (Lipinski definition) is 3. The minimum Gasteiger partial charge on any atom is -0.493 e. The summed E-state index contributed by atoms with van der Waals surface area (Å²) in [5, 5.41) is 3.41. The second-order valence-corrected chi connectivity index (χ2v) is 6.78. The molecule has 0 saturated heterocycles. The van der Waals surface area contributed by atoms with Gasteiger partial charge in [-0.05, 0) is 48.5 Å². The van der Waals surface area contributed by atoms with Crippen LogP contribution in [0.15, 0.2) is 47.3 Å². The van der Waals surface area contributed by atoms with Crippen LogP contribution < -0.4 is 15.6 Å². The Bertz CT molecular complexity index is 1100. The van der Waals surface area contributed by atoms with Crippen molar-refractivity contribution in [2.45, 2.75) is 6.42 Å². The molecule has 7 heteroatoms. The Kier molecular flexibility index (Phi) is 4.30. The number of hydrogen-bond acceptors (Lipinski definition) is 4. The van der Waals surface area contributed by atoms with Crippen molar-refractivity contribution in [1.82, 2.24) is 15.3 Å². The Morgan fingerprint density at radius 3 is 2.96 bits per heavy atom. The number of H-pyrrole nitrogens is 2. The van der Waals surface area contributed by atoms with Crippen molar-refractivity contribution in [2.24, 2.45) is 5.92 Å². The molecule has 1 aliphatic heterocycles. The molecule has 26 heavy (non-hydrogen) atoms. The molecular formula is C19H17N3O3S. The summed E-state index contributed by atoms with van der Waals surface area (Å²) >= 11 is 4.98. The van der Waals surface area contributed by atoms with Crippen LogP contribution in [0.1, 0.15) is 15.9 Å². The van der Waals surface area contributed by atoms with Crippen LogP contribution in [-0.2, 0) is 6.42 Å². The predicted molar refractivity (Wildman–Crippen MR) is 101 cm³/mol. The summed E-state index contributed by atoms with van der Waals surface area (Å²) in [6.07, 6.45) is 0.872. The van der Waals surface area contributed by atoms with Crippen LogP contribution in [-0.4, -0.2) is 29.0 Å². The van der Waals surface area contributed by atoms with Gasteiger partial charge in [-0.25, -0.2) is 0 Å². The molecule has 4 rings (SSSR count). The zero-order valence-electron chi connectivity index (χ0n) is 13.9. The van der Waals surface area contributed by atoms with E-state index >= 15 is 0 Å². The van der Waals surface area contributed by atoms with Gasteiger partial charge in [-0.3, -0.25) is 14.6 Å². The molecule has 0 unspecified atom stereocenters. The number of nitrogens with one attached hydrogen (secondary N) is 3. The fourth-order valence-corrected chi connectivity index (χ4v) is 3.37. The first-order valence-corrected chi connectivity index (χ1v) is 8.76. The lowest BCUT2D eigenvalue weighted by Gasteiger charge is -2.25. The number of aromatic amines is 2. The van der Waals surface area contributed by atoms with Crippen molar-refractivity contribution in [3.8, 4) is 5.75 Å². The Labute approximate surface area is 154 Å². The molecule has 1 aliphatic rings. The number of para-hydroxylation sites is 1. The average molecular weight is 367 g/mol. The smallest absolute Gasteiger partial charge is 0.259 e. The zero-order valence-corrected chi connectivity index (χ0v) is 14.7. The molecule has 0 aliphatic carbocycles. The van der Waals surface area contributed by atoms with Gasteiger partial charge in [0.25, 0.3) is 11.5 Å². The first-order chi connectivity index (χ1) is 12.6. The number of aromatic nitrogens is 2. The van der Waals surface area contributed by atoms with E-state index < -0.39 is 0 Å². The van der Waals surface area contributed by atoms with E-state index in [2.05, 4.69) is 15.3 Å². The maximum atomic E-state index is 12.5. The molecule has 2 aromatic carbocycles. The van der Waals surface area contributed by atoms with E-state index in [-0.39, 0.29) is 22.2 Å². The number of amides is 1. The summed E-state index contributed by atoms with van der Waals surface area (Å²) in [4.78, 5) is 29.8. The number of carbonyl (C=O) groups is 1. The van der Waals surface area contributed by atoms with Crippen molar-refractivity contribution in [1.29, 1.82) is 0 Å². The lowest BCUT2D eigenvalue weighted by molar-refractivity contribution is 0.0939. The normalized spacial score (nSPS) is 15.9. The predicted octanol–water partition coefficient (Wildman–Crippen LogP) is 2.57. The molecule has 0 bridgehead atoms. The third kappa shape index (κ3) is 3.25. The van der Waals surface area contributed by atoms with E-state index in [0.717, 1.165) is 17.7 Å². The summed E-state index contributed by atoms with van der Waals surface area (Å²) in [5.41, 5.74) is 1.91. The monoisotopic (exact) mass is 367 g/mol. The highest BCUT2D eigenvalue weighted by atomic mass is 32.1. The first-order valence-electron chi connectivity index (χ1n) is 8.35. The van der Waals surface area contributed by atoms with Crippen molar-refractivity contribution in [3.05, 3.63) is 68.7 Å². The van der Waals surface area contributed by atoms with E-state index in [1.165, 1.54) is 0 Å². The van der Waals surface area contributed by atoms with Crippen molar-refractivity contribution in [2.75, 3.05) is 13.2 Å². The number of ether oxygens (including phenoxy) is 1. The molecule has 1 amide bonds. The first kappa shape index (κ1) is 16.5. The Morgan fingerprint density at radius 1 is 1.23 bits per heavy atom. The number of carbonyl (C=O) groups excluding carboxylic acids is 1. The summed E-state index contributed by atoms with van der Waals surface area (Å²) in [6, 6.07) is 12.9. The summed E-state index contributed by atoms with van der Waals surface area (Å²) in [6.45, 7) is 1.11. The zero-order chi connectivity index (χ0) is 18.1. The molecule has 0 spiro atoms. The van der Waals surface area contributed by atoms with Crippen LogP contribution in [0.4, 0.5) is 0 Å². The highest BCUT2D eigenvalue weighted by Crippen LogP contribution is 2.26. The third-order valence-electron chi connectivity index (χ3n) is 4.51. The van der Waals surface area contributed by atoms with Gasteiger partial charge in [0, 0.05) is 18.0 Å². The highest BCUT2D eigenvalue weighted by Gasteiger charge is 2.20. The lowest BCUT2D eigenvalue weighted by atomic mass is 9.96. The fraction of sp³-hybridized carbons (Fsp3) is 0.211. The van der Waals surface area contributed by atoms with E-state index in [4.69, 9.17) is 17.0 Å². The second kappa shape index (κ2) is 6.76. The van der Waals surface area contributed by atoms with Crippen molar-refractivity contribution in [3.63, 3.8) is 0 Å². The van der Waals surface area contributed by atoms with Gasteiger partial charge in [0.05, 0.1) is 17.5 Å². The average Bonchev–Trinajstić information content (AvgIpc) is 2.65. The van der Waals surface area contributed by atoms with Crippen molar-refractivity contribution < 1.29 is 9.53 Å². The van der Waals surface area contributed by atoms with Gasteiger partial charge in [0.1, 0.15) is 5.75 Å². The number of rotatable bonds is 3. The van der Waals surface area contributed by atoms with Crippen LogP contribution >= 0.6 is 12.2 Å². The van der Waals surface area contributed by atoms with Gasteiger partial charge < -0.3 is 15.0 Å². The third-order valence-corrected chi connectivity index (χ3v) is 4.71. The molecule has 0 fully saturated rings. The number of benzene rings is 2.